The normalized spacial score (nSPS) is 17.2. The van der Waals surface area contributed by atoms with Crippen LogP contribution in [0.3, 0.4) is 0 Å². The summed E-state index contributed by atoms with van der Waals surface area (Å²) < 4.78 is 0. The van der Waals surface area contributed by atoms with E-state index < -0.39 is 0 Å². The Labute approximate surface area is 123 Å². The highest BCUT2D eigenvalue weighted by Crippen LogP contribution is 2.36. The van der Waals surface area contributed by atoms with Crippen LogP contribution in [-0.2, 0) is 0 Å². The van der Waals surface area contributed by atoms with Gasteiger partial charge in [0, 0.05) is 0 Å². The standard InChI is InChI=1S/C19H40/c1-8-11-17(4)12-10-15-19(6,7)18(5)14-13-16(3)9-2/h16-18H,8-15H2,1-7H3. The molecule has 0 bridgehead atoms. The van der Waals surface area contributed by atoms with Gasteiger partial charge in [-0.05, 0) is 36.0 Å². The minimum absolute atomic E-state index is 0.527. The monoisotopic (exact) mass is 268 g/mol. The maximum absolute atomic E-state index is 2.48. The average Bonchev–Trinajstić information content (AvgIpc) is 2.35. The zero-order valence-electron chi connectivity index (χ0n) is 14.9. The van der Waals surface area contributed by atoms with E-state index in [0.717, 1.165) is 17.8 Å². The molecule has 3 unspecified atom stereocenters. The first kappa shape index (κ1) is 19.0. The Morgan fingerprint density at radius 2 is 1.42 bits per heavy atom. The summed E-state index contributed by atoms with van der Waals surface area (Å²) in [6.45, 7) is 16.9. The van der Waals surface area contributed by atoms with E-state index in [9.17, 15) is 0 Å². The van der Waals surface area contributed by atoms with Gasteiger partial charge in [-0.2, -0.15) is 0 Å². The van der Waals surface area contributed by atoms with Gasteiger partial charge in [-0.25, -0.2) is 0 Å². The third kappa shape index (κ3) is 8.71. The molecule has 0 aromatic heterocycles. The van der Waals surface area contributed by atoms with E-state index in [0.29, 0.717) is 5.41 Å². The Kier molecular flexibility index (Phi) is 9.83. The van der Waals surface area contributed by atoms with Gasteiger partial charge in [-0.15, -0.1) is 0 Å². The van der Waals surface area contributed by atoms with Crippen molar-refractivity contribution in [2.24, 2.45) is 23.2 Å². The van der Waals surface area contributed by atoms with Gasteiger partial charge in [-0.1, -0.05) is 87.0 Å². The van der Waals surface area contributed by atoms with Crippen molar-refractivity contribution in [3.05, 3.63) is 0 Å². The van der Waals surface area contributed by atoms with E-state index in [2.05, 4.69) is 48.5 Å². The zero-order chi connectivity index (χ0) is 14.9. The third-order valence-electron chi connectivity index (χ3n) is 5.42. The van der Waals surface area contributed by atoms with E-state index >= 15 is 0 Å². The van der Waals surface area contributed by atoms with Crippen LogP contribution < -0.4 is 0 Å². The van der Waals surface area contributed by atoms with Crippen LogP contribution in [0.4, 0.5) is 0 Å². The van der Waals surface area contributed by atoms with Crippen molar-refractivity contribution in [2.75, 3.05) is 0 Å². The van der Waals surface area contributed by atoms with Gasteiger partial charge in [0.1, 0.15) is 0 Å². The van der Waals surface area contributed by atoms with E-state index in [1.807, 2.05) is 0 Å². The molecular formula is C19H40. The van der Waals surface area contributed by atoms with Crippen LogP contribution in [0.5, 0.6) is 0 Å². The highest BCUT2D eigenvalue weighted by molar-refractivity contribution is 4.76. The van der Waals surface area contributed by atoms with Crippen molar-refractivity contribution in [1.82, 2.24) is 0 Å². The number of hydrogen-bond acceptors (Lipinski definition) is 0. The van der Waals surface area contributed by atoms with Gasteiger partial charge in [-0.3, -0.25) is 0 Å². The zero-order valence-corrected chi connectivity index (χ0v) is 14.9. The summed E-state index contributed by atoms with van der Waals surface area (Å²) in [4.78, 5) is 0. The smallest absolute Gasteiger partial charge is 0.0329 e. The molecule has 0 spiro atoms. The Bertz CT molecular complexity index is 204. The molecule has 0 rings (SSSR count). The van der Waals surface area contributed by atoms with Crippen LogP contribution in [0.15, 0.2) is 0 Å². The molecule has 0 saturated carbocycles. The van der Waals surface area contributed by atoms with Crippen molar-refractivity contribution >= 4 is 0 Å². The summed E-state index contributed by atoms with van der Waals surface area (Å²) in [5.74, 6) is 2.70. The summed E-state index contributed by atoms with van der Waals surface area (Å²) >= 11 is 0. The van der Waals surface area contributed by atoms with Crippen LogP contribution in [0.25, 0.3) is 0 Å². The van der Waals surface area contributed by atoms with E-state index in [1.54, 1.807) is 0 Å². The van der Waals surface area contributed by atoms with E-state index in [4.69, 9.17) is 0 Å². The summed E-state index contributed by atoms with van der Waals surface area (Å²) in [6, 6.07) is 0. The molecule has 0 fully saturated rings. The lowest BCUT2D eigenvalue weighted by molar-refractivity contribution is 0.180. The molecule has 0 heterocycles. The lowest BCUT2D eigenvalue weighted by Gasteiger charge is -2.33. The maximum atomic E-state index is 2.48. The second kappa shape index (κ2) is 9.83. The van der Waals surface area contributed by atoms with Crippen LogP contribution in [0.2, 0.25) is 0 Å². The molecule has 19 heavy (non-hydrogen) atoms. The van der Waals surface area contributed by atoms with Gasteiger partial charge in [0.25, 0.3) is 0 Å². The van der Waals surface area contributed by atoms with Gasteiger partial charge in [0.2, 0.25) is 0 Å². The molecule has 0 aliphatic rings. The number of hydrogen-bond donors (Lipinski definition) is 0. The maximum Gasteiger partial charge on any atom is -0.0329 e. The number of rotatable bonds is 11. The molecule has 0 radical (unpaired) electrons. The predicted molar refractivity (Wildman–Crippen MR) is 89.6 cm³/mol. The quantitative estimate of drug-likeness (QED) is 0.375. The van der Waals surface area contributed by atoms with E-state index in [-0.39, 0.29) is 0 Å². The largest absolute Gasteiger partial charge is 0.0654 e. The fourth-order valence-corrected chi connectivity index (χ4v) is 2.92. The van der Waals surface area contributed by atoms with Gasteiger partial charge >= 0.3 is 0 Å². The van der Waals surface area contributed by atoms with Crippen molar-refractivity contribution in [2.45, 2.75) is 99.8 Å². The Balaban J connectivity index is 3.94. The summed E-state index contributed by atoms with van der Waals surface area (Å²) in [5.41, 5.74) is 0.527. The molecule has 0 aromatic carbocycles. The minimum atomic E-state index is 0.527. The second-order valence-corrected chi connectivity index (χ2v) is 7.77. The second-order valence-electron chi connectivity index (χ2n) is 7.77. The van der Waals surface area contributed by atoms with Crippen molar-refractivity contribution in [3.63, 3.8) is 0 Å². The van der Waals surface area contributed by atoms with Gasteiger partial charge < -0.3 is 0 Å². The molecule has 0 aliphatic carbocycles. The highest BCUT2D eigenvalue weighted by atomic mass is 14.3. The molecule has 0 heteroatoms. The molecule has 3 atom stereocenters. The van der Waals surface area contributed by atoms with Crippen molar-refractivity contribution < 1.29 is 0 Å². The average molecular weight is 269 g/mol. The van der Waals surface area contributed by atoms with E-state index in [1.165, 1.54) is 51.4 Å². The summed E-state index contributed by atoms with van der Waals surface area (Å²) in [7, 11) is 0. The fraction of sp³-hybridized carbons (Fsp3) is 1.00. The first-order valence-corrected chi connectivity index (χ1v) is 8.83. The van der Waals surface area contributed by atoms with Gasteiger partial charge in [0.15, 0.2) is 0 Å². The lowest BCUT2D eigenvalue weighted by Crippen LogP contribution is -2.22. The molecule has 116 valence electrons. The molecule has 0 aliphatic heterocycles. The molecule has 0 saturated heterocycles. The van der Waals surface area contributed by atoms with Gasteiger partial charge in [0.05, 0.1) is 0 Å². The molecule has 0 N–H and O–H groups in total. The van der Waals surface area contributed by atoms with Crippen LogP contribution in [0, 0.1) is 23.2 Å². The lowest BCUT2D eigenvalue weighted by atomic mass is 9.73. The van der Waals surface area contributed by atoms with Crippen LogP contribution >= 0.6 is 0 Å². The van der Waals surface area contributed by atoms with Crippen LogP contribution in [-0.4, -0.2) is 0 Å². The first-order valence-electron chi connectivity index (χ1n) is 8.83. The highest BCUT2D eigenvalue weighted by Gasteiger charge is 2.25. The molecular weight excluding hydrogens is 228 g/mol. The Morgan fingerprint density at radius 3 is 1.95 bits per heavy atom. The van der Waals surface area contributed by atoms with Crippen molar-refractivity contribution in [1.29, 1.82) is 0 Å². The summed E-state index contributed by atoms with van der Waals surface area (Å²) in [6.07, 6.45) is 11.2. The summed E-state index contributed by atoms with van der Waals surface area (Å²) in [5, 5.41) is 0. The Morgan fingerprint density at radius 1 is 0.789 bits per heavy atom. The molecule has 0 amide bonds. The predicted octanol–water partition coefficient (Wildman–Crippen LogP) is 7.08. The third-order valence-corrected chi connectivity index (χ3v) is 5.42. The first-order chi connectivity index (χ1) is 8.83. The Hall–Kier alpha value is 0. The topological polar surface area (TPSA) is 0 Å². The fourth-order valence-electron chi connectivity index (χ4n) is 2.92. The molecule has 0 nitrogen and oxygen atoms in total. The SMILES string of the molecule is CCCC(C)CCCC(C)(C)C(C)CCC(C)CC. The van der Waals surface area contributed by atoms with Crippen molar-refractivity contribution in [3.8, 4) is 0 Å². The molecule has 0 aromatic rings. The van der Waals surface area contributed by atoms with Crippen LogP contribution in [0.1, 0.15) is 99.8 Å². The minimum Gasteiger partial charge on any atom is -0.0654 e.